The molecule has 0 saturated carbocycles. The van der Waals surface area contributed by atoms with Crippen molar-refractivity contribution in [3.05, 3.63) is 35.6 Å². The second-order valence-corrected chi connectivity index (χ2v) is 5.70. The summed E-state index contributed by atoms with van der Waals surface area (Å²) in [4.78, 5) is 22.6. The number of amides is 1. The van der Waals surface area contributed by atoms with Crippen LogP contribution in [0.1, 0.15) is 32.3 Å². The molecule has 21 heavy (non-hydrogen) atoms. The quantitative estimate of drug-likeness (QED) is 0.774. The van der Waals surface area contributed by atoms with Crippen molar-refractivity contribution in [2.75, 3.05) is 6.54 Å². The molecule has 0 aromatic heterocycles. The number of aliphatic carboxylic acids is 1. The number of carboxylic acids is 1. The van der Waals surface area contributed by atoms with Gasteiger partial charge in [0.05, 0.1) is 6.42 Å². The third-order valence-electron chi connectivity index (χ3n) is 3.11. The number of hydrogen-bond donors (Lipinski definition) is 2. The van der Waals surface area contributed by atoms with Crippen LogP contribution in [0.3, 0.4) is 0 Å². The minimum absolute atomic E-state index is 0.0401. The van der Waals surface area contributed by atoms with Crippen molar-refractivity contribution in [1.29, 1.82) is 0 Å². The van der Waals surface area contributed by atoms with Gasteiger partial charge in [0.15, 0.2) is 0 Å². The standard InChI is InChI=1S/C16H22FNO3/c1-11(2)6-13(9-16(20)21)10-18-15(19)8-12-4-3-5-14(17)7-12/h3-5,7,11,13H,6,8-10H2,1-2H3,(H,18,19)(H,20,21)/t13-/m0/s1. The molecule has 1 aromatic carbocycles. The second kappa shape index (κ2) is 8.39. The fraction of sp³-hybridized carbons (Fsp3) is 0.500. The molecule has 116 valence electrons. The number of carboxylic acid groups (broad SMARTS) is 1. The summed E-state index contributed by atoms with van der Waals surface area (Å²) in [7, 11) is 0. The summed E-state index contributed by atoms with van der Waals surface area (Å²) in [5, 5.41) is 11.6. The van der Waals surface area contributed by atoms with Gasteiger partial charge in [0.25, 0.3) is 0 Å². The predicted octanol–water partition coefficient (Wildman–Crippen LogP) is 2.62. The average molecular weight is 295 g/mol. The van der Waals surface area contributed by atoms with Crippen LogP contribution in [0.2, 0.25) is 0 Å². The van der Waals surface area contributed by atoms with Crippen LogP contribution < -0.4 is 5.32 Å². The molecule has 1 rings (SSSR count). The van der Waals surface area contributed by atoms with Gasteiger partial charge in [-0.25, -0.2) is 4.39 Å². The van der Waals surface area contributed by atoms with Crippen molar-refractivity contribution in [1.82, 2.24) is 5.32 Å². The molecular formula is C16H22FNO3. The maximum atomic E-state index is 13.0. The van der Waals surface area contributed by atoms with Crippen molar-refractivity contribution in [2.45, 2.75) is 33.1 Å². The van der Waals surface area contributed by atoms with Crippen molar-refractivity contribution in [3.63, 3.8) is 0 Å². The molecule has 0 heterocycles. The van der Waals surface area contributed by atoms with Crippen LogP contribution in [0.25, 0.3) is 0 Å². The second-order valence-electron chi connectivity index (χ2n) is 5.70. The van der Waals surface area contributed by atoms with Gasteiger partial charge in [0.1, 0.15) is 5.82 Å². The molecule has 0 aliphatic rings. The van der Waals surface area contributed by atoms with E-state index in [2.05, 4.69) is 5.32 Å². The first-order valence-electron chi connectivity index (χ1n) is 7.09. The lowest BCUT2D eigenvalue weighted by atomic mass is 9.94. The zero-order chi connectivity index (χ0) is 15.8. The first kappa shape index (κ1) is 17.1. The van der Waals surface area contributed by atoms with Crippen LogP contribution in [0.15, 0.2) is 24.3 Å². The Balaban J connectivity index is 2.47. The van der Waals surface area contributed by atoms with Gasteiger partial charge in [-0.2, -0.15) is 0 Å². The summed E-state index contributed by atoms with van der Waals surface area (Å²) in [6.45, 7) is 4.37. The lowest BCUT2D eigenvalue weighted by Crippen LogP contribution is -2.32. The highest BCUT2D eigenvalue weighted by Crippen LogP contribution is 2.14. The molecule has 0 spiro atoms. The maximum Gasteiger partial charge on any atom is 0.303 e. The van der Waals surface area contributed by atoms with E-state index in [1.165, 1.54) is 12.1 Å². The molecule has 0 saturated heterocycles. The highest BCUT2D eigenvalue weighted by atomic mass is 19.1. The summed E-state index contributed by atoms with van der Waals surface area (Å²) in [6.07, 6.45) is 0.879. The lowest BCUT2D eigenvalue weighted by Gasteiger charge is -2.17. The Morgan fingerprint density at radius 2 is 2.05 bits per heavy atom. The lowest BCUT2D eigenvalue weighted by molar-refractivity contribution is -0.138. The molecule has 0 bridgehead atoms. The van der Waals surface area contributed by atoms with E-state index in [4.69, 9.17) is 5.11 Å². The molecular weight excluding hydrogens is 273 g/mol. The van der Waals surface area contributed by atoms with Crippen molar-refractivity contribution < 1.29 is 19.1 Å². The third-order valence-corrected chi connectivity index (χ3v) is 3.11. The Labute approximate surface area is 124 Å². The number of carbonyl (C=O) groups excluding carboxylic acids is 1. The maximum absolute atomic E-state index is 13.0. The molecule has 0 fully saturated rings. The van der Waals surface area contributed by atoms with E-state index >= 15 is 0 Å². The SMILES string of the molecule is CC(C)C[C@H](CNC(=O)Cc1cccc(F)c1)CC(=O)O. The van der Waals surface area contributed by atoms with E-state index in [1.54, 1.807) is 12.1 Å². The van der Waals surface area contributed by atoms with Crippen molar-refractivity contribution in [3.8, 4) is 0 Å². The van der Waals surface area contributed by atoms with Gasteiger partial charge in [0, 0.05) is 13.0 Å². The van der Waals surface area contributed by atoms with Gasteiger partial charge in [-0.15, -0.1) is 0 Å². The normalized spacial score (nSPS) is 12.2. The Morgan fingerprint density at radius 1 is 1.33 bits per heavy atom. The van der Waals surface area contributed by atoms with E-state index in [0.29, 0.717) is 18.0 Å². The number of rotatable bonds is 8. The minimum Gasteiger partial charge on any atom is -0.481 e. The summed E-state index contributed by atoms with van der Waals surface area (Å²) < 4.78 is 13.0. The van der Waals surface area contributed by atoms with E-state index < -0.39 is 5.97 Å². The molecule has 1 amide bonds. The van der Waals surface area contributed by atoms with Crippen LogP contribution in [0, 0.1) is 17.7 Å². The molecule has 0 unspecified atom stereocenters. The van der Waals surface area contributed by atoms with Crippen LogP contribution in [-0.4, -0.2) is 23.5 Å². The minimum atomic E-state index is -0.861. The molecule has 4 nitrogen and oxygen atoms in total. The highest BCUT2D eigenvalue weighted by Gasteiger charge is 2.16. The zero-order valence-electron chi connectivity index (χ0n) is 12.4. The Hall–Kier alpha value is -1.91. The molecule has 1 aromatic rings. The van der Waals surface area contributed by atoms with E-state index in [0.717, 1.165) is 6.42 Å². The number of hydrogen-bond acceptors (Lipinski definition) is 2. The largest absolute Gasteiger partial charge is 0.481 e. The van der Waals surface area contributed by atoms with E-state index in [9.17, 15) is 14.0 Å². The Morgan fingerprint density at radius 3 is 2.62 bits per heavy atom. The number of benzene rings is 1. The average Bonchev–Trinajstić information content (AvgIpc) is 2.34. The topological polar surface area (TPSA) is 66.4 Å². The highest BCUT2D eigenvalue weighted by molar-refractivity contribution is 5.78. The van der Waals surface area contributed by atoms with Crippen LogP contribution in [-0.2, 0) is 16.0 Å². The summed E-state index contributed by atoms with van der Waals surface area (Å²) in [6, 6.07) is 5.89. The van der Waals surface area contributed by atoms with E-state index in [-0.39, 0.29) is 30.5 Å². The summed E-state index contributed by atoms with van der Waals surface area (Å²) >= 11 is 0. The molecule has 0 radical (unpaired) electrons. The van der Waals surface area contributed by atoms with E-state index in [1.807, 2.05) is 13.8 Å². The first-order valence-corrected chi connectivity index (χ1v) is 7.09. The Bertz CT molecular complexity index is 488. The third kappa shape index (κ3) is 7.44. The van der Waals surface area contributed by atoms with Gasteiger partial charge in [-0.05, 0) is 36.0 Å². The zero-order valence-corrected chi connectivity index (χ0v) is 12.4. The fourth-order valence-electron chi connectivity index (χ4n) is 2.31. The predicted molar refractivity (Wildman–Crippen MR) is 78.3 cm³/mol. The van der Waals surface area contributed by atoms with Gasteiger partial charge >= 0.3 is 5.97 Å². The van der Waals surface area contributed by atoms with Gasteiger partial charge in [-0.1, -0.05) is 26.0 Å². The molecule has 0 aliphatic heterocycles. The summed E-state index contributed by atoms with van der Waals surface area (Å²) in [5.74, 6) is -1.17. The molecule has 0 aliphatic carbocycles. The van der Waals surface area contributed by atoms with Crippen molar-refractivity contribution >= 4 is 11.9 Å². The Kier molecular flexibility index (Phi) is 6.85. The fourth-order valence-corrected chi connectivity index (χ4v) is 2.31. The number of halogens is 1. The number of nitrogens with one attached hydrogen (secondary N) is 1. The molecule has 2 N–H and O–H groups in total. The smallest absolute Gasteiger partial charge is 0.303 e. The summed E-state index contributed by atoms with van der Waals surface area (Å²) in [5.41, 5.74) is 0.603. The monoisotopic (exact) mass is 295 g/mol. The molecule has 1 atom stereocenters. The van der Waals surface area contributed by atoms with Gasteiger partial charge < -0.3 is 10.4 Å². The van der Waals surface area contributed by atoms with Crippen molar-refractivity contribution in [2.24, 2.45) is 11.8 Å². The van der Waals surface area contributed by atoms with Crippen LogP contribution in [0.5, 0.6) is 0 Å². The van der Waals surface area contributed by atoms with Crippen LogP contribution >= 0.6 is 0 Å². The van der Waals surface area contributed by atoms with Crippen LogP contribution in [0.4, 0.5) is 4.39 Å². The molecule has 5 heteroatoms. The van der Waals surface area contributed by atoms with Gasteiger partial charge in [0.2, 0.25) is 5.91 Å². The van der Waals surface area contributed by atoms with Gasteiger partial charge in [-0.3, -0.25) is 9.59 Å². The number of carbonyl (C=O) groups is 2. The first-order chi connectivity index (χ1) is 9.86.